The third-order valence-electron chi connectivity index (χ3n) is 3.91. The number of nitrogens with zero attached hydrogens (tertiary/aromatic N) is 1. The first-order valence-electron chi connectivity index (χ1n) is 7.27. The van der Waals surface area contributed by atoms with Gasteiger partial charge in [-0.1, -0.05) is 35.7 Å². The number of hydrogen-bond donors (Lipinski definition) is 0. The van der Waals surface area contributed by atoms with Crippen LogP contribution in [0.15, 0.2) is 80.4 Å². The smallest absolute Gasteiger partial charge is 0.201 e. The van der Waals surface area contributed by atoms with E-state index >= 15 is 0 Å². The van der Waals surface area contributed by atoms with E-state index in [0.29, 0.717) is 0 Å². The molecule has 0 bridgehead atoms. The van der Waals surface area contributed by atoms with Gasteiger partial charge in [0, 0.05) is 31.7 Å². The van der Waals surface area contributed by atoms with Crippen molar-refractivity contribution in [1.29, 1.82) is 0 Å². The lowest BCUT2D eigenvalue weighted by Crippen LogP contribution is -2.30. The zero-order valence-corrected chi connectivity index (χ0v) is 14.2. The van der Waals surface area contributed by atoms with Gasteiger partial charge in [-0.25, -0.2) is 4.57 Å². The minimum atomic E-state index is 1.26. The molecule has 3 heteroatoms. The van der Waals surface area contributed by atoms with Crippen LogP contribution in [0.2, 0.25) is 0 Å². The summed E-state index contributed by atoms with van der Waals surface area (Å²) < 4.78 is 2.18. The Balaban J connectivity index is 1.84. The predicted octanol–water partition coefficient (Wildman–Crippen LogP) is 5.10. The van der Waals surface area contributed by atoms with E-state index in [4.69, 9.17) is 0 Å². The SMILES string of the molecule is Cc1cc2c(cc1-c1cccc[n+]1C)Sc1ccccc1S2. The molecule has 1 aromatic heterocycles. The van der Waals surface area contributed by atoms with Crippen LogP contribution < -0.4 is 4.57 Å². The Morgan fingerprint density at radius 1 is 0.773 bits per heavy atom. The monoisotopic (exact) mass is 322 g/mol. The van der Waals surface area contributed by atoms with Crippen molar-refractivity contribution in [3.05, 3.63) is 66.4 Å². The summed E-state index contributed by atoms with van der Waals surface area (Å²) in [6.45, 7) is 2.20. The largest absolute Gasteiger partial charge is 0.212 e. The predicted molar refractivity (Wildman–Crippen MR) is 92.5 cm³/mol. The number of aromatic nitrogens is 1. The molecule has 0 fully saturated rings. The molecular formula is C19H16NS2+. The molecule has 0 atom stereocenters. The lowest BCUT2D eigenvalue weighted by atomic mass is 10.0. The first-order valence-corrected chi connectivity index (χ1v) is 8.90. The maximum absolute atomic E-state index is 2.34. The van der Waals surface area contributed by atoms with Crippen molar-refractivity contribution >= 4 is 23.5 Å². The minimum Gasteiger partial charge on any atom is -0.201 e. The Hall–Kier alpha value is -1.71. The number of hydrogen-bond acceptors (Lipinski definition) is 2. The fourth-order valence-corrected chi connectivity index (χ4v) is 5.09. The second-order valence-corrected chi connectivity index (χ2v) is 7.63. The highest BCUT2D eigenvalue weighted by Crippen LogP contribution is 2.49. The molecule has 0 radical (unpaired) electrons. The Morgan fingerprint density at radius 2 is 1.41 bits per heavy atom. The summed E-state index contributed by atoms with van der Waals surface area (Å²) in [6, 6.07) is 19.7. The van der Waals surface area contributed by atoms with Crippen molar-refractivity contribution in [1.82, 2.24) is 0 Å². The average Bonchev–Trinajstić information content (AvgIpc) is 2.53. The summed E-state index contributed by atoms with van der Waals surface area (Å²) in [5.74, 6) is 0. The maximum atomic E-state index is 2.34. The van der Waals surface area contributed by atoms with Crippen LogP contribution in [0, 0.1) is 6.92 Å². The Morgan fingerprint density at radius 3 is 2.09 bits per heavy atom. The summed E-state index contributed by atoms with van der Waals surface area (Å²) in [5.41, 5.74) is 3.90. The van der Waals surface area contributed by atoms with Gasteiger partial charge in [-0.3, -0.25) is 0 Å². The second-order valence-electron chi connectivity index (χ2n) is 5.46. The Kier molecular flexibility index (Phi) is 3.47. The summed E-state index contributed by atoms with van der Waals surface area (Å²) in [4.78, 5) is 5.43. The third-order valence-corrected chi connectivity index (χ3v) is 6.44. The van der Waals surface area contributed by atoms with Crippen molar-refractivity contribution in [3.63, 3.8) is 0 Å². The van der Waals surface area contributed by atoms with Gasteiger partial charge in [0.1, 0.15) is 7.05 Å². The molecule has 0 aliphatic carbocycles. The Labute approximate surface area is 139 Å². The van der Waals surface area contributed by atoms with Crippen molar-refractivity contribution in [2.24, 2.45) is 7.05 Å². The van der Waals surface area contributed by atoms with Gasteiger partial charge in [0.2, 0.25) is 5.69 Å². The van der Waals surface area contributed by atoms with Gasteiger partial charge in [-0.15, -0.1) is 0 Å². The first-order chi connectivity index (χ1) is 10.7. The summed E-state index contributed by atoms with van der Waals surface area (Å²) in [5, 5.41) is 0. The summed E-state index contributed by atoms with van der Waals surface area (Å²) in [6.07, 6.45) is 2.10. The van der Waals surface area contributed by atoms with Crippen LogP contribution in [0.25, 0.3) is 11.3 Å². The van der Waals surface area contributed by atoms with Crippen LogP contribution in [0.5, 0.6) is 0 Å². The molecule has 4 rings (SSSR count). The topological polar surface area (TPSA) is 3.88 Å². The van der Waals surface area contributed by atoms with Crippen LogP contribution in [0.3, 0.4) is 0 Å². The van der Waals surface area contributed by atoms with E-state index in [9.17, 15) is 0 Å². The molecule has 2 aromatic carbocycles. The lowest BCUT2D eigenvalue weighted by Gasteiger charge is -2.19. The third kappa shape index (κ3) is 2.34. The lowest BCUT2D eigenvalue weighted by molar-refractivity contribution is -0.660. The van der Waals surface area contributed by atoms with Crippen molar-refractivity contribution < 1.29 is 4.57 Å². The quantitative estimate of drug-likeness (QED) is 0.449. The van der Waals surface area contributed by atoms with Crippen LogP contribution in [0.4, 0.5) is 0 Å². The highest BCUT2D eigenvalue weighted by Gasteiger charge is 2.20. The first kappa shape index (κ1) is 13.9. The molecule has 22 heavy (non-hydrogen) atoms. The minimum absolute atomic E-state index is 1.26. The van der Waals surface area contributed by atoms with E-state index in [1.165, 1.54) is 36.4 Å². The molecule has 3 aromatic rings. The van der Waals surface area contributed by atoms with Gasteiger partial charge in [0.15, 0.2) is 6.20 Å². The summed E-state index contributed by atoms with van der Waals surface area (Å²) >= 11 is 3.75. The van der Waals surface area contributed by atoms with Gasteiger partial charge >= 0.3 is 0 Å². The Bertz CT molecular complexity index is 871. The van der Waals surface area contributed by atoms with Crippen LogP contribution in [-0.2, 0) is 7.05 Å². The van der Waals surface area contributed by atoms with E-state index in [-0.39, 0.29) is 0 Å². The van der Waals surface area contributed by atoms with Gasteiger partial charge < -0.3 is 0 Å². The average molecular weight is 322 g/mol. The number of fused-ring (bicyclic) bond motifs is 2. The van der Waals surface area contributed by atoms with Gasteiger partial charge in [-0.05, 0) is 42.8 Å². The molecule has 1 nitrogen and oxygen atoms in total. The van der Waals surface area contributed by atoms with Gasteiger partial charge in [-0.2, -0.15) is 0 Å². The highest BCUT2D eigenvalue weighted by atomic mass is 32.2. The van der Waals surface area contributed by atoms with E-state index in [2.05, 4.69) is 79.3 Å². The van der Waals surface area contributed by atoms with Crippen LogP contribution in [0.1, 0.15) is 5.56 Å². The molecule has 108 valence electrons. The molecule has 0 amide bonds. The molecule has 0 spiro atoms. The van der Waals surface area contributed by atoms with E-state index in [1.54, 1.807) is 0 Å². The standard InChI is InChI=1S/C19H16NS2/c1-13-11-18-19(22-17-9-4-3-8-16(17)21-18)12-14(13)15-7-5-6-10-20(15)2/h3-12H,1-2H3/q+1. The fourth-order valence-electron chi connectivity index (χ4n) is 2.76. The zero-order valence-electron chi connectivity index (χ0n) is 12.5. The maximum Gasteiger partial charge on any atom is 0.212 e. The molecule has 1 aliphatic heterocycles. The number of pyridine rings is 1. The number of rotatable bonds is 1. The molecular weight excluding hydrogens is 306 g/mol. The number of benzene rings is 2. The summed E-state index contributed by atoms with van der Waals surface area (Å²) in [7, 11) is 2.10. The van der Waals surface area contributed by atoms with Crippen molar-refractivity contribution in [2.45, 2.75) is 26.5 Å². The van der Waals surface area contributed by atoms with E-state index in [0.717, 1.165) is 0 Å². The van der Waals surface area contributed by atoms with Crippen LogP contribution >= 0.6 is 23.5 Å². The van der Waals surface area contributed by atoms with Crippen LogP contribution in [-0.4, -0.2) is 0 Å². The second kappa shape index (κ2) is 5.49. The molecule has 1 aliphatic rings. The van der Waals surface area contributed by atoms with Gasteiger partial charge in [0.25, 0.3) is 0 Å². The number of aryl methyl sites for hydroxylation is 2. The van der Waals surface area contributed by atoms with Crippen molar-refractivity contribution in [2.75, 3.05) is 0 Å². The molecule has 0 N–H and O–H groups in total. The fraction of sp³-hybridized carbons (Fsp3) is 0.105. The van der Waals surface area contributed by atoms with E-state index < -0.39 is 0 Å². The molecule has 0 saturated heterocycles. The molecule has 0 unspecified atom stereocenters. The van der Waals surface area contributed by atoms with Crippen molar-refractivity contribution in [3.8, 4) is 11.3 Å². The normalized spacial score (nSPS) is 12.6. The van der Waals surface area contributed by atoms with Gasteiger partial charge in [0.05, 0.1) is 5.56 Å². The molecule has 0 saturated carbocycles. The van der Waals surface area contributed by atoms with E-state index in [1.807, 2.05) is 23.5 Å². The molecule has 2 heterocycles. The zero-order chi connectivity index (χ0) is 15.1. The highest BCUT2D eigenvalue weighted by molar-refractivity contribution is 8.05.